The van der Waals surface area contributed by atoms with Gasteiger partial charge >= 0.3 is 0 Å². The maximum atomic E-state index is 8.01. The Balaban J connectivity index is 3.50. The van der Waals surface area contributed by atoms with E-state index >= 15 is 0 Å². The molecule has 0 aliphatic carbocycles. The van der Waals surface area contributed by atoms with Crippen LogP contribution in [0, 0.1) is 11.3 Å². The summed E-state index contributed by atoms with van der Waals surface area (Å²) in [6, 6.07) is 1.83. The van der Waals surface area contributed by atoms with Crippen LogP contribution in [0.1, 0.15) is 0 Å². The lowest BCUT2D eigenvalue weighted by Crippen LogP contribution is -2.06. The monoisotopic (exact) mass is 123 g/mol. The molecule has 0 bridgehead atoms. The average Bonchev–Trinajstić information content (AvgIpc) is 1.80. The van der Waals surface area contributed by atoms with Gasteiger partial charge in [0.15, 0.2) is 0 Å². The van der Waals surface area contributed by atoms with E-state index in [-0.39, 0.29) is 0 Å². The molecule has 0 amide bonds. The molecule has 0 saturated heterocycles. The summed E-state index contributed by atoms with van der Waals surface area (Å²) >= 11 is 0. The van der Waals surface area contributed by atoms with Crippen molar-refractivity contribution < 1.29 is 0 Å². The van der Waals surface area contributed by atoms with E-state index in [2.05, 4.69) is 4.99 Å². The van der Waals surface area contributed by atoms with Gasteiger partial charge in [0, 0.05) is 26.4 Å². The van der Waals surface area contributed by atoms with Gasteiger partial charge in [-0.2, -0.15) is 5.26 Å². The van der Waals surface area contributed by atoms with Crippen molar-refractivity contribution in [2.75, 3.05) is 14.1 Å². The second kappa shape index (κ2) is 4.85. The molecule has 3 heteroatoms. The maximum Gasteiger partial charge on any atom is 0.0928 e. The molecule has 48 valence electrons. The quantitative estimate of drug-likeness (QED) is 0.306. The molecular weight excluding hydrogens is 114 g/mol. The van der Waals surface area contributed by atoms with E-state index in [1.54, 1.807) is 11.2 Å². The van der Waals surface area contributed by atoms with Crippen LogP contribution >= 0.6 is 0 Å². The zero-order chi connectivity index (χ0) is 7.11. The van der Waals surface area contributed by atoms with Crippen LogP contribution in [0.2, 0.25) is 0 Å². The largest absolute Gasteiger partial charge is 0.369 e. The third kappa shape index (κ3) is 6.70. The molecule has 0 atom stereocenters. The molecule has 0 aromatic heterocycles. The number of rotatable bonds is 2. The lowest BCUT2D eigenvalue weighted by Gasteiger charge is -1.98. The summed E-state index contributed by atoms with van der Waals surface area (Å²) in [4.78, 5) is 5.55. The summed E-state index contributed by atoms with van der Waals surface area (Å²) in [7, 11) is 3.73. The molecule has 0 aromatic rings. The van der Waals surface area contributed by atoms with Gasteiger partial charge in [0.2, 0.25) is 0 Å². The Labute approximate surface area is 54.9 Å². The first-order chi connectivity index (χ1) is 4.27. The first-order valence-corrected chi connectivity index (χ1v) is 2.51. The average molecular weight is 123 g/mol. The van der Waals surface area contributed by atoms with Crippen LogP contribution in [-0.4, -0.2) is 25.3 Å². The predicted octanol–water partition coefficient (Wildman–Crippen LogP) is 0.614. The van der Waals surface area contributed by atoms with Crippen LogP contribution in [0.3, 0.4) is 0 Å². The molecule has 0 spiro atoms. The number of hydrogen-bond acceptors (Lipinski definition) is 2. The SMILES string of the molecule is CN(C)C=NC=CC#N. The number of allylic oxidation sites excluding steroid dienone is 1. The summed E-state index contributed by atoms with van der Waals surface area (Å²) in [6.07, 6.45) is 4.38. The van der Waals surface area contributed by atoms with Gasteiger partial charge in [-0.3, -0.25) is 0 Å². The smallest absolute Gasteiger partial charge is 0.0928 e. The molecule has 0 N–H and O–H groups in total. The second-order valence-corrected chi connectivity index (χ2v) is 1.67. The Kier molecular flexibility index (Phi) is 4.15. The summed E-state index contributed by atoms with van der Waals surface area (Å²) in [5.41, 5.74) is 0. The Morgan fingerprint density at radius 2 is 2.22 bits per heavy atom. The molecular formula is C6H9N3. The molecule has 0 aromatic carbocycles. The van der Waals surface area contributed by atoms with Gasteiger partial charge < -0.3 is 4.90 Å². The Hall–Kier alpha value is -1.30. The van der Waals surface area contributed by atoms with Gasteiger partial charge in [0.25, 0.3) is 0 Å². The zero-order valence-electron chi connectivity index (χ0n) is 5.57. The van der Waals surface area contributed by atoms with E-state index in [9.17, 15) is 0 Å². The normalized spacial score (nSPS) is 10.3. The fraction of sp³-hybridized carbons (Fsp3) is 0.333. The minimum atomic E-state index is 1.32. The van der Waals surface area contributed by atoms with Crippen LogP contribution < -0.4 is 0 Å². The van der Waals surface area contributed by atoms with Gasteiger partial charge in [0.1, 0.15) is 0 Å². The fourth-order valence-corrected chi connectivity index (χ4v) is 0.248. The summed E-state index contributed by atoms with van der Waals surface area (Å²) in [5.74, 6) is 0. The van der Waals surface area contributed by atoms with E-state index < -0.39 is 0 Å². The van der Waals surface area contributed by atoms with E-state index in [1.165, 1.54) is 12.3 Å². The molecule has 0 fully saturated rings. The first kappa shape index (κ1) is 7.70. The van der Waals surface area contributed by atoms with Crippen molar-refractivity contribution in [3.8, 4) is 6.07 Å². The maximum absolute atomic E-state index is 8.01. The van der Waals surface area contributed by atoms with Crippen molar-refractivity contribution in [2.24, 2.45) is 4.99 Å². The van der Waals surface area contributed by atoms with Crippen LogP contribution in [0.25, 0.3) is 0 Å². The highest BCUT2D eigenvalue weighted by Crippen LogP contribution is 1.71. The number of aliphatic imine (C=N–C) groups is 1. The van der Waals surface area contributed by atoms with Gasteiger partial charge in [-0.15, -0.1) is 0 Å². The molecule has 0 rings (SSSR count). The van der Waals surface area contributed by atoms with Crippen molar-refractivity contribution in [1.82, 2.24) is 4.90 Å². The molecule has 9 heavy (non-hydrogen) atoms. The molecule has 0 aliphatic rings. The van der Waals surface area contributed by atoms with Crippen molar-refractivity contribution >= 4 is 6.34 Å². The van der Waals surface area contributed by atoms with Gasteiger partial charge in [-0.05, 0) is 0 Å². The van der Waals surface area contributed by atoms with Crippen molar-refractivity contribution in [3.05, 3.63) is 12.3 Å². The first-order valence-electron chi connectivity index (χ1n) is 2.51. The molecule has 0 radical (unpaired) electrons. The third-order valence-electron chi connectivity index (χ3n) is 0.533. The second-order valence-electron chi connectivity index (χ2n) is 1.67. The van der Waals surface area contributed by atoms with E-state index in [0.717, 1.165) is 0 Å². The van der Waals surface area contributed by atoms with Crippen molar-refractivity contribution in [3.63, 3.8) is 0 Å². The molecule has 0 unspecified atom stereocenters. The van der Waals surface area contributed by atoms with Gasteiger partial charge in [-0.25, -0.2) is 4.99 Å². The lowest BCUT2D eigenvalue weighted by atomic mass is 10.7. The van der Waals surface area contributed by atoms with E-state index in [1.807, 2.05) is 20.2 Å². The van der Waals surface area contributed by atoms with Crippen LogP contribution in [0.15, 0.2) is 17.3 Å². The van der Waals surface area contributed by atoms with Crippen LogP contribution in [0.5, 0.6) is 0 Å². The zero-order valence-corrected chi connectivity index (χ0v) is 5.57. The van der Waals surface area contributed by atoms with Gasteiger partial charge in [-0.1, -0.05) is 0 Å². The minimum Gasteiger partial charge on any atom is -0.369 e. The van der Waals surface area contributed by atoms with Crippen molar-refractivity contribution in [1.29, 1.82) is 5.26 Å². The number of nitriles is 1. The number of nitrogens with zero attached hydrogens (tertiary/aromatic N) is 3. The van der Waals surface area contributed by atoms with E-state index in [0.29, 0.717) is 0 Å². The number of hydrogen-bond donors (Lipinski definition) is 0. The standard InChI is InChI=1S/C6H9N3/c1-9(2)6-8-5-3-4-7/h3,5-6H,1-2H3. The van der Waals surface area contributed by atoms with E-state index in [4.69, 9.17) is 5.26 Å². The topological polar surface area (TPSA) is 39.4 Å². The predicted molar refractivity (Wildman–Crippen MR) is 36.9 cm³/mol. The molecule has 3 nitrogen and oxygen atoms in total. The van der Waals surface area contributed by atoms with Crippen molar-refractivity contribution in [2.45, 2.75) is 0 Å². The summed E-state index contributed by atoms with van der Waals surface area (Å²) < 4.78 is 0. The third-order valence-corrected chi connectivity index (χ3v) is 0.533. The highest BCUT2D eigenvalue weighted by atomic mass is 15.1. The van der Waals surface area contributed by atoms with Gasteiger partial charge in [0.05, 0.1) is 12.4 Å². The molecule has 0 saturated carbocycles. The Morgan fingerprint density at radius 3 is 2.67 bits per heavy atom. The highest BCUT2D eigenvalue weighted by molar-refractivity contribution is 5.54. The summed E-state index contributed by atoms with van der Waals surface area (Å²) in [5, 5.41) is 8.01. The highest BCUT2D eigenvalue weighted by Gasteiger charge is 1.70. The molecule has 0 heterocycles. The minimum absolute atomic E-state index is 1.32. The lowest BCUT2D eigenvalue weighted by molar-refractivity contribution is 0.643. The molecule has 0 aliphatic heterocycles. The van der Waals surface area contributed by atoms with Crippen LogP contribution in [0.4, 0.5) is 0 Å². The Bertz CT molecular complexity index is 150. The fourth-order valence-electron chi connectivity index (χ4n) is 0.248. The van der Waals surface area contributed by atoms with Crippen LogP contribution in [-0.2, 0) is 0 Å². The summed E-state index contributed by atoms with van der Waals surface area (Å²) in [6.45, 7) is 0. The Morgan fingerprint density at radius 1 is 1.56 bits per heavy atom.